The maximum Gasteiger partial charge on any atom is 0.268 e. The summed E-state index contributed by atoms with van der Waals surface area (Å²) in [5.74, 6) is -0.305. The van der Waals surface area contributed by atoms with E-state index in [1.165, 1.54) is 0 Å². The van der Waals surface area contributed by atoms with E-state index in [9.17, 15) is 9.90 Å². The molecule has 3 aromatic rings. The fraction of sp³-hybridized carbons (Fsp3) is 0.160. The van der Waals surface area contributed by atoms with Crippen molar-refractivity contribution < 1.29 is 9.90 Å². The number of allylic oxidation sites excluding steroid dienone is 1. The monoisotopic (exact) mass is 369 g/mol. The van der Waals surface area contributed by atoms with Crippen LogP contribution in [0, 0.1) is 0 Å². The lowest BCUT2D eigenvalue weighted by atomic mass is 9.82. The van der Waals surface area contributed by atoms with Crippen LogP contribution in [0.5, 0.6) is 0 Å². The molecular weight excluding hydrogens is 346 g/mol. The van der Waals surface area contributed by atoms with Gasteiger partial charge in [-0.2, -0.15) is 0 Å². The van der Waals surface area contributed by atoms with Crippen LogP contribution in [0.25, 0.3) is 5.57 Å². The van der Waals surface area contributed by atoms with E-state index in [0.29, 0.717) is 17.7 Å². The van der Waals surface area contributed by atoms with Gasteiger partial charge in [-0.1, -0.05) is 91.9 Å². The van der Waals surface area contributed by atoms with E-state index in [4.69, 9.17) is 0 Å². The number of amides is 1. The minimum absolute atomic E-state index is 0.305. The lowest BCUT2D eigenvalue weighted by molar-refractivity contribution is -0.130. The standard InChI is InChI=1S/C25H23NO2/c1-2-11-21(20-14-7-4-8-15-20)25(28)22-16-9-10-17-23(22)26(24(25)27)18-19-12-5-3-6-13-19/h3-17,28H,2,18H2,1H3/b21-11+. The molecule has 28 heavy (non-hydrogen) atoms. The molecule has 3 nitrogen and oxygen atoms in total. The van der Waals surface area contributed by atoms with Crippen molar-refractivity contribution in [1.82, 2.24) is 0 Å². The molecule has 0 radical (unpaired) electrons. The van der Waals surface area contributed by atoms with E-state index in [2.05, 4.69) is 0 Å². The van der Waals surface area contributed by atoms with Crippen molar-refractivity contribution in [3.05, 3.63) is 108 Å². The van der Waals surface area contributed by atoms with Gasteiger partial charge in [0, 0.05) is 11.1 Å². The highest BCUT2D eigenvalue weighted by Crippen LogP contribution is 2.48. The highest BCUT2D eigenvalue weighted by molar-refractivity contribution is 6.14. The van der Waals surface area contributed by atoms with Crippen LogP contribution in [0.15, 0.2) is 91.0 Å². The van der Waals surface area contributed by atoms with Crippen LogP contribution < -0.4 is 4.90 Å². The number of rotatable bonds is 5. The van der Waals surface area contributed by atoms with Gasteiger partial charge >= 0.3 is 0 Å². The summed E-state index contributed by atoms with van der Waals surface area (Å²) in [6.07, 6.45) is 2.68. The van der Waals surface area contributed by atoms with Gasteiger partial charge in [-0.15, -0.1) is 0 Å². The van der Waals surface area contributed by atoms with Gasteiger partial charge in [-0.25, -0.2) is 0 Å². The normalized spacial score (nSPS) is 19.0. The fourth-order valence-corrected chi connectivity index (χ4v) is 3.91. The quantitative estimate of drug-likeness (QED) is 0.694. The predicted octanol–water partition coefficient (Wildman–Crippen LogP) is 4.91. The lowest BCUT2D eigenvalue weighted by Gasteiger charge is -2.27. The molecule has 0 aromatic heterocycles. The summed E-state index contributed by atoms with van der Waals surface area (Å²) in [4.78, 5) is 15.3. The first-order valence-corrected chi connectivity index (χ1v) is 9.60. The van der Waals surface area contributed by atoms with Gasteiger partial charge in [0.05, 0.1) is 12.2 Å². The summed E-state index contributed by atoms with van der Waals surface area (Å²) >= 11 is 0. The van der Waals surface area contributed by atoms with E-state index in [0.717, 1.165) is 23.2 Å². The number of nitrogens with zero attached hydrogens (tertiary/aromatic N) is 1. The third kappa shape index (κ3) is 2.94. The molecule has 0 saturated heterocycles. The molecule has 1 unspecified atom stereocenters. The Kier molecular flexibility index (Phi) is 4.84. The van der Waals surface area contributed by atoms with Crippen LogP contribution in [0.2, 0.25) is 0 Å². The molecule has 1 aliphatic rings. The second-order valence-corrected chi connectivity index (χ2v) is 7.00. The Morgan fingerprint density at radius 2 is 1.54 bits per heavy atom. The van der Waals surface area contributed by atoms with Crippen LogP contribution in [-0.2, 0) is 16.9 Å². The third-order valence-corrected chi connectivity index (χ3v) is 5.21. The molecule has 1 heterocycles. The van der Waals surface area contributed by atoms with Gasteiger partial charge in [0.1, 0.15) is 0 Å². The van der Waals surface area contributed by atoms with E-state index >= 15 is 0 Å². The average Bonchev–Trinajstić information content (AvgIpc) is 2.96. The third-order valence-electron chi connectivity index (χ3n) is 5.21. The molecule has 3 heteroatoms. The van der Waals surface area contributed by atoms with Crippen molar-refractivity contribution in [2.75, 3.05) is 4.90 Å². The van der Waals surface area contributed by atoms with Crippen LogP contribution >= 0.6 is 0 Å². The molecule has 0 spiro atoms. The maximum atomic E-state index is 13.6. The number of carbonyl (C=O) groups excluding carboxylic acids is 1. The zero-order valence-corrected chi connectivity index (χ0v) is 15.9. The van der Waals surface area contributed by atoms with Crippen LogP contribution in [0.3, 0.4) is 0 Å². The second kappa shape index (κ2) is 7.45. The van der Waals surface area contributed by atoms with Crippen LogP contribution in [0.4, 0.5) is 5.69 Å². The van der Waals surface area contributed by atoms with E-state index in [-0.39, 0.29) is 5.91 Å². The minimum Gasteiger partial charge on any atom is -0.372 e. The van der Waals surface area contributed by atoms with Gasteiger partial charge in [-0.3, -0.25) is 4.79 Å². The number of para-hydroxylation sites is 1. The summed E-state index contributed by atoms with van der Waals surface area (Å²) in [6, 6.07) is 27.1. The predicted molar refractivity (Wildman–Crippen MR) is 113 cm³/mol. The van der Waals surface area contributed by atoms with Gasteiger partial charge in [0.25, 0.3) is 5.91 Å². The number of anilines is 1. The van der Waals surface area contributed by atoms with Gasteiger partial charge < -0.3 is 10.0 Å². The highest BCUT2D eigenvalue weighted by Gasteiger charge is 2.52. The average molecular weight is 369 g/mol. The number of benzene rings is 3. The highest BCUT2D eigenvalue weighted by atomic mass is 16.3. The SMILES string of the molecule is CC/C=C(\c1ccccc1)C1(O)C(=O)N(Cc2ccccc2)c2ccccc21. The van der Waals surface area contributed by atoms with Gasteiger partial charge in [-0.05, 0) is 23.6 Å². The Morgan fingerprint density at radius 3 is 2.21 bits per heavy atom. The number of hydrogen-bond acceptors (Lipinski definition) is 2. The molecule has 1 amide bonds. The summed E-state index contributed by atoms with van der Waals surface area (Å²) in [5, 5.41) is 11.8. The summed E-state index contributed by atoms with van der Waals surface area (Å²) < 4.78 is 0. The number of aliphatic hydroxyl groups is 1. The first-order valence-electron chi connectivity index (χ1n) is 9.60. The Labute approximate surface area is 165 Å². The Balaban J connectivity index is 1.85. The zero-order chi connectivity index (χ0) is 19.6. The van der Waals surface area contributed by atoms with E-state index in [1.807, 2.05) is 97.9 Å². The molecule has 1 N–H and O–H groups in total. The molecule has 0 aliphatic carbocycles. The minimum atomic E-state index is -1.69. The fourth-order valence-electron chi connectivity index (χ4n) is 3.91. The van der Waals surface area contributed by atoms with Crippen molar-refractivity contribution in [3.63, 3.8) is 0 Å². The largest absolute Gasteiger partial charge is 0.372 e. The topological polar surface area (TPSA) is 40.5 Å². The molecule has 140 valence electrons. The number of fused-ring (bicyclic) bond motifs is 1. The molecule has 4 rings (SSSR count). The number of hydrogen-bond donors (Lipinski definition) is 1. The van der Waals surface area contributed by atoms with Crippen LogP contribution in [0.1, 0.15) is 30.0 Å². The van der Waals surface area contributed by atoms with Crippen molar-refractivity contribution in [2.45, 2.75) is 25.5 Å². The first-order chi connectivity index (χ1) is 13.7. The number of carbonyl (C=O) groups is 1. The van der Waals surface area contributed by atoms with E-state index < -0.39 is 5.60 Å². The van der Waals surface area contributed by atoms with Gasteiger partial charge in [0.15, 0.2) is 5.60 Å². The maximum absolute atomic E-state index is 13.6. The Bertz CT molecular complexity index is 1010. The molecule has 1 atom stereocenters. The van der Waals surface area contributed by atoms with Crippen molar-refractivity contribution in [2.24, 2.45) is 0 Å². The molecule has 3 aromatic carbocycles. The smallest absolute Gasteiger partial charge is 0.268 e. The second-order valence-electron chi connectivity index (χ2n) is 7.00. The van der Waals surface area contributed by atoms with E-state index in [1.54, 1.807) is 4.90 Å². The molecular formula is C25H23NO2. The molecule has 1 aliphatic heterocycles. The first kappa shape index (κ1) is 18.2. The van der Waals surface area contributed by atoms with Crippen molar-refractivity contribution >= 4 is 17.2 Å². The zero-order valence-electron chi connectivity index (χ0n) is 15.9. The summed E-state index contributed by atoms with van der Waals surface area (Å²) in [6.45, 7) is 2.44. The molecule has 0 saturated carbocycles. The lowest BCUT2D eigenvalue weighted by Crippen LogP contribution is -2.41. The summed E-state index contributed by atoms with van der Waals surface area (Å²) in [5.41, 5.74) is 2.23. The van der Waals surface area contributed by atoms with Crippen molar-refractivity contribution in [1.29, 1.82) is 0 Å². The summed E-state index contributed by atoms with van der Waals surface area (Å²) in [7, 11) is 0. The Hall–Kier alpha value is -3.17. The Morgan fingerprint density at radius 1 is 0.929 bits per heavy atom. The van der Waals surface area contributed by atoms with Gasteiger partial charge in [0.2, 0.25) is 0 Å². The van der Waals surface area contributed by atoms with Crippen LogP contribution in [-0.4, -0.2) is 11.0 Å². The molecule has 0 fully saturated rings. The molecule has 0 bridgehead atoms. The van der Waals surface area contributed by atoms with Crippen molar-refractivity contribution in [3.8, 4) is 0 Å².